The van der Waals surface area contributed by atoms with Crippen LogP contribution in [0.1, 0.15) is 27.0 Å². The van der Waals surface area contributed by atoms with E-state index >= 15 is 0 Å². The van der Waals surface area contributed by atoms with Gasteiger partial charge in [-0.25, -0.2) is 0 Å². The van der Waals surface area contributed by atoms with Crippen LogP contribution in [0.15, 0.2) is 47.4 Å². The highest BCUT2D eigenvalue weighted by Crippen LogP contribution is 2.34. The van der Waals surface area contributed by atoms with Gasteiger partial charge in [-0.3, -0.25) is 9.59 Å². The lowest BCUT2D eigenvalue weighted by Gasteiger charge is -2.07. The number of rotatable bonds is 2. The Labute approximate surface area is 127 Å². The highest BCUT2D eigenvalue weighted by molar-refractivity contribution is 7.98. The van der Waals surface area contributed by atoms with Crippen LogP contribution in [0.5, 0.6) is 0 Å². The Morgan fingerprint density at radius 3 is 2.81 bits per heavy atom. The second-order valence-electron chi connectivity index (χ2n) is 4.86. The van der Waals surface area contributed by atoms with Gasteiger partial charge in [-0.15, -0.1) is 11.8 Å². The average Bonchev–Trinajstić information content (AvgIpc) is 2.65. The molecular weight excluding hydrogens is 284 g/mol. The molecule has 1 heterocycles. The van der Waals surface area contributed by atoms with Crippen LogP contribution >= 0.6 is 11.8 Å². The molecular formula is C17H14O3S. The number of hydrogen-bond donors (Lipinski definition) is 0. The summed E-state index contributed by atoms with van der Waals surface area (Å²) in [5, 5.41) is 0. The van der Waals surface area contributed by atoms with Gasteiger partial charge >= 0.3 is 5.97 Å². The molecule has 0 saturated heterocycles. The molecule has 1 aliphatic rings. The first-order chi connectivity index (χ1) is 10.2. The largest absolute Gasteiger partial charge is 0.469 e. The van der Waals surface area contributed by atoms with E-state index in [-0.39, 0.29) is 18.2 Å². The van der Waals surface area contributed by atoms with E-state index in [1.54, 1.807) is 11.8 Å². The summed E-state index contributed by atoms with van der Waals surface area (Å²) in [7, 11) is 1.36. The van der Waals surface area contributed by atoms with E-state index in [4.69, 9.17) is 0 Å². The molecule has 1 aliphatic heterocycles. The van der Waals surface area contributed by atoms with Gasteiger partial charge in [-0.2, -0.15) is 0 Å². The molecule has 0 fully saturated rings. The van der Waals surface area contributed by atoms with Crippen LogP contribution in [-0.2, 0) is 21.7 Å². The van der Waals surface area contributed by atoms with Gasteiger partial charge in [0.15, 0.2) is 5.78 Å². The number of fused-ring (bicyclic) bond motifs is 2. The van der Waals surface area contributed by atoms with Gasteiger partial charge in [0, 0.05) is 21.8 Å². The first-order valence-electron chi connectivity index (χ1n) is 6.64. The number of carbonyl (C=O) groups is 2. The lowest BCUT2D eigenvalue weighted by atomic mass is 9.97. The summed E-state index contributed by atoms with van der Waals surface area (Å²) in [6.45, 7) is 0. The molecule has 3 rings (SSSR count). The van der Waals surface area contributed by atoms with Gasteiger partial charge in [0.05, 0.1) is 13.5 Å². The zero-order chi connectivity index (χ0) is 14.8. The summed E-state index contributed by atoms with van der Waals surface area (Å²) in [5.74, 6) is 0.507. The molecule has 2 aromatic carbocycles. The van der Waals surface area contributed by atoms with Gasteiger partial charge in [0.2, 0.25) is 0 Å². The maximum atomic E-state index is 12.7. The Bertz CT molecular complexity index is 722. The molecule has 0 saturated carbocycles. The zero-order valence-electron chi connectivity index (χ0n) is 11.6. The van der Waals surface area contributed by atoms with Crippen molar-refractivity contribution in [3.05, 3.63) is 64.7 Å². The summed E-state index contributed by atoms with van der Waals surface area (Å²) in [6, 6.07) is 13.3. The van der Waals surface area contributed by atoms with Crippen molar-refractivity contribution < 1.29 is 14.3 Å². The molecule has 2 aromatic rings. The van der Waals surface area contributed by atoms with E-state index in [2.05, 4.69) is 4.74 Å². The summed E-state index contributed by atoms with van der Waals surface area (Å²) in [4.78, 5) is 25.1. The van der Waals surface area contributed by atoms with Crippen LogP contribution < -0.4 is 0 Å². The SMILES string of the molecule is COC(=O)Cc1ccc2c(c1)C(=O)c1ccccc1CS2. The van der Waals surface area contributed by atoms with Crippen LogP contribution in [0, 0.1) is 0 Å². The third kappa shape index (κ3) is 2.72. The van der Waals surface area contributed by atoms with Crippen molar-refractivity contribution in [1.29, 1.82) is 0 Å². The molecule has 0 unspecified atom stereocenters. The molecule has 0 aromatic heterocycles. The number of esters is 1. The predicted molar refractivity (Wildman–Crippen MR) is 81.6 cm³/mol. The topological polar surface area (TPSA) is 43.4 Å². The van der Waals surface area contributed by atoms with E-state index in [1.165, 1.54) is 7.11 Å². The number of ketones is 1. The molecule has 3 nitrogen and oxygen atoms in total. The number of carbonyl (C=O) groups excluding carboxylic acids is 2. The molecule has 0 amide bonds. The molecule has 0 spiro atoms. The Morgan fingerprint density at radius 2 is 2.00 bits per heavy atom. The second-order valence-corrected chi connectivity index (χ2v) is 5.88. The highest BCUT2D eigenvalue weighted by atomic mass is 32.2. The maximum Gasteiger partial charge on any atom is 0.309 e. The molecule has 0 radical (unpaired) electrons. The van der Waals surface area contributed by atoms with E-state index in [0.29, 0.717) is 5.56 Å². The lowest BCUT2D eigenvalue weighted by Crippen LogP contribution is -2.07. The van der Waals surface area contributed by atoms with Crippen molar-refractivity contribution in [2.24, 2.45) is 0 Å². The summed E-state index contributed by atoms with van der Waals surface area (Å²) in [6.07, 6.45) is 0.184. The number of benzene rings is 2. The first-order valence-corrected chi connectivity index (χ1v) is 7.63. The molecule has 21 heavy (non-hydrogen) atoms. The first kappa shape index (κ1) is 13.9. The molecule has 0 aliphatic carbocycles. The fraction of sp³-hybridized carbons (Fsp3) is 0.176. The second kappa shape index (κ2) is 5.74. The third-order valence-corrected chi connectivity index (χ3v) is 4.63. The number of methoxy groups -OCH3 is 1. The van der Waals surface area contributed by atoms with Crippen LogP contribution in [0.3, 0.4) is 0 Å². The van der Waals surface area contributed by atoms with Crippen LogP contribution in [0.4, 0.5) is 0 Å². The minimum atomic E-state index is -0.302. The lowest BCUT2D eigenvalue weighted by molar-refractivity contribution is -0.139. The zero-order valence-corrected chi connectivity index (χ0v) is 12.4. The molecule has 4 heteroatoms. The van der Waals surface area contributed by atoms with Gasteiger partial charge in [-0.05, 0) is 23.3 Å². The molecule has 106 valence electrons. The van der Waals surface area contributed by atoms with Crippen LogP contribution in [-0.4, -0.2) is 18.9 Å². The van der Waals surface area contributed by atoms with Crippen molar-refractivity contribution in [3.63, 3.8) is 0 Å². The van der Waals surface area contributed by atoms with Crippen molar-refractivity contribution in [3.8, 4) is 0 Å². The average molecular weight is 298 g/mol. The molecule has 0 N–H and O–H groups in total. The van der Waals surface area contributed by atoms with Crippen molar-refractivity contribution in [2.45, 2.75) is 17.1 Å². The normalized spacial score (nSPS) is 13.1. The summed E-state index contributed by atoms with van der Waals surface area (Å²) < 4.78 is 4.68. The minimum Gasteiger partial charge on any atom is -0.469 e. The third-order valence-electron chi connectivity index (χ3n) is 3.51. The maximum absolute atomic E-state index is 12.7. The quantitative estimate of drug-likeness (QED) is 0.798. The number of thioether (sulfide) groups is 1. The van der Waals surface area contributed by atoms with Crippen LogP contribution in [0.2, 0.25) is 0 Å². The number of ether oxygens (including phenoxy) is 1. The Kier molecular flexibility index (Phi) is 3.80. The molecule has 0 bridgehead atoms. The van der Waals surface area contributed by atoms with Gasteiger partial charge in [-0.1, -0.05) is 30.3 Å². The van der Waals surface area contributed by atoms with Crippen LogP contribution in [0.25, 0.3) is 0 Å². The fourth-order valence-corrected chi connectivity index (χ4v) is 3.43. The Morgan fingerprint density at radius 1 is 1.19 bits per heavy atom. The van der Waals surface area contributed by atoms with E-state index in [9.17, 15) is 9.59 Å². The van der Waals surface area contributed by atoms with Gasteiger partial charge < -0.3 is 4.74 Å². The van der Waals surface area contributed by atoms with Crippen molar-refractivity contribution >= 4 is 23.5 Å². The Hall–Kier alpha value is -2.07. The monoisotopic (exact) mass is 298 g/mol. The fourth-order valence-electron chi connectivity index (χ4n) is 2.40. The molecule has 0 atom stereocenters. The summed E-state index contributed by atoms with van der Waals surface area (Å²) >= 11 is 1.65. The summed E-state index contributed by atoms with van der Waals surface area (Å²) in [5.41, 5.74) is 3.28. The Balaban J connectivity index is 2.02. The predicted octanol–water partition coefficient (Wildman–Crippen LogP) is 3.24. The van der Waals surface area contributed by atoms with Crippen molar-refractivity contribution in [1.82, 2.24) is 0 Å². The smallest absolute Gasteiger partial charge is 0.309 e. The number of hydrogen-bond acceptors (Lipinski definition) is 4. The highest BCUT2D eigenvalue weighted by Gasteiger charge is 2.21. The van der Waals surface area contributed by atoms with Gasteiger partial charge in [0.25, 0.3) is 0 Å². The minimum absolute atomic E-state index is 0.0253. The van der Waals surface area contributed by atoms with Crippen molar-refractivity contribution in [2.75, 3.05) is 7.11 Å². The van der Waals surface area contributed by atoms with Gasteiger partial charge in [0.1, 0.15) is 0 Å². The van der Waals surface area contributed by atoms with E-state index in [1.807, 2.05) is 42.5 Å². The van der Waals surface area contributed by atoms with E-state index < -0.39 is 0 Å². The van der Waals surface area contributed by atoms with E-state index in [0.717, 1.165) is 27.3 Å². The standard InChI is InChI=1S/C17H14O3S/c1-20-16(18)9-11-6-7-15-14(8-11)17(19)13-5-3-2-4-12(13)10-21-15/h2-8H,9-10H2,1H3.